The fourth-order valence-corrected chi connectivity index (χ4v) is 3.34. The standard InChI is InChI=1S/C11H8Br2O3/c12-5-3-8-6(9(13)4-5)1-2-7(10(8)14)11(15)16/h3-4,7H,1-2H2,(H,15,16). The lowest BCUT2D eigenvalue weighted by atomic mass is 9.83. The van der Waals surface area contributed by atoms with E-state index in [1.165, 1.54) is 0 Å². The van der Waals surface area contributed by atoms with Crippen LogP contribution in [0, 0.1) is 5.92 Å². The molecule has 84 valence electrons. The third-order valence-corrected chi connectivity index (χ3v) is 3.89. The third kappa shape index (κ3) is 1.94. The molecule has 5 heteroatoms. The average molecular weight is 348 g/mol. The monoisotopic (exact) mass is 346 g/mol. The van der Waals surface area contributed by atoms with Gasteiger partial charge in [-0.3, -0.25) is 9.59 Å². The largest absolute Gasteiger partial charge is 0.481 e. The molecule has 0 heterocycles. The highest BCUT2D eigenvalue weighted by atomic mass is 79.9. The highest BCUT2D eigenvalue weighted by Gasteiger charge is 2.33. The molecule has 0 saturated heterocycles. The molecule has 3 nitrogen and oxygen atoms in total. The zero-order valence-corrected chi connectivity index (χ0v) is 11.3. The molecule has 0 radical (unpaired) electrons. The zero-order valence-electron chi connectivity index (χ0n) is 8.17. The van der Waals surface area contributed by atoms with Crippen molar-refractivity contribution in [3.8, 4) is 0 Å². The fourth-order valence-electron chi connectivity index (χ4n) is 1.92. The van der Waals surface area contributed by atoms with E-state index in [0.29, 0.717) is 18.4 Å². The van der Waals surface area contributed by atoms with Crippen molar-refractivity contribution in [2.24, 2.45) is 5.92 Å². The van der Waals surface area contributed by atoms with Crippen LogP contribution in [0.25, 0.3) is 0 Å². The Hall–Kier alpha value is -0.680. The Bertz CT molecular complexity index is 482. The average Bonchev–Trinajstić information content (AvgIpc) is 2.19. The molecule has 16 heavy (non-hydrogen) atoms. The minimum atomic E-state index is -1.04. The summed E-state index contributed by atoms with van der Waals surface area (Å²) < 4.78 is 1.63. The van der Waals surface area contributed by atoms with Gasteiger partial charge in [-0.2, -0.15) is 0 Å². The number of aliphatic carboxylic acids is 1. The Morgan fingerprint density at radius 3 is 2.69 bits per heavy atom. The number of ketones is 1. The van der Waals surface area contributed by atoms with E-state index in [4.69, 9.17) is 5.11 Å². The van der Waals surface area contributed by atoms with Gasteiger partial charge in [0.1, 0.15) is 5.92 Å². The van der Waals surface area contributed by atoms with Gasteiger partial charge in [-0.25, -0.2) is 0 Å². The molecule has 0 spiro atoms. The predicted octanol–water partition coefficient (Wildman–Crippen LogP) is 3.04. The number of halogens is 2. The van der Waals surface area contributed by atoms with Crippen LogP contribution in [0.1, 0.15) is 22.3 Å². The zero-order chi connectivity index (χ0) is 11.9. The Kier molecular flexibility index (Phi) is 3.17. The number of hydrogen-bond acceptors (Lipinski definition) is 2. The topological polar surface area (TPSA) is 54.4 Å². The van der Waals surface area contributed by atoms with Gasteiger partial charge in [0.25, 0.3) is 0 Å². The second-order valence-electron chi connectivity index (χ2n) is 3.71. The van der Waals surface area contributed by atoms with E-state index in [9.17, 15) is 9.59 Å². The molecule has 0 bridgehead atoms. The van der Waals surface area contributed by atoms with Crippen LogP contribution in [0.2, 0.25) is 0 Å². The molecule has 0 aromatic heterocycles. The maximum absolute atomic E-state index is 11.9. The number of fused-ring (bicyclic) bond motifs is 1. The summed E-state index contributed by atoms with van der Waals surface area (Å²) in [6.07, 6.45) is 0.993. The first-order valence-electron chi connectivity index (χ1n) is 4.75. The highest BCUT2D eigenvalue weighted by molar-refractivity contribution is 9.11. The summed E-state index contributed by atoms with van der Waals surface area (Å²) in [4.78, 5) is 22.8. The first kappa shape index (κ1) is 11.8. The maximum Gasteiger partial charge on any atom is 0.314 e. The number of Topliss-reactive ketones (excluding diaryl/α,β-unsaturated/α-hetero) is 1. The smallest absolute Gasteiger partial charge is 0.314 e. The van der Waals surface area contributed by atoms with E-state index in [2.05, 4.69) is 31.9 Å². The van der Waals surface area contributed by atoms with E-state index >= 15 is 0 Å². The number of carbonyl (C=O) groups excluding carboxylic acids is 1. The lowest BCUT2D eigenvalue weighted by molar-refractivity contribution is -0.140. The molecular formula is C11H8Br2O3. The van der Waals surface area contributed by atoms with Crippen molar-refractivity contribution in [3.05, 3.63) is 32.2 Å². The number of benzene rings is 1. The first-order chi connectivity index (χ1) is 7.50. The molecule has 1 aromatic rings. The second kappa shape index (κ2) is 4.30. The second-order valence-corrected chi connectivity index (χ2v) is 5.48. The van der Waals surface area contributed by atoms with Crippen molar-refractivity contribution in [2.75, 3.05) is 0 Å². The Labute approximate surface area is 109 Å². The molecular weight excluding hydrogens is 340 g/mol. The van der Waals surface area contributed by atoms with Crippen molar-refractivity contribution in [1.29, 1.82) is 0 Å². The van der Waals surface area contributed by atoms with Crippen LogP contribution in [0.3, 0.4) is 0 Å². The van der Waals surface area contributed by atoms with Crippen molar-refractivity contribution >= 4 is 43.6 Å². The molecule has 1 aromatic carbocycles. The van der Waals surface area contributed by atoms with Crippen molar-refractivity contribution in [2.45, 2.75) is 12.8 Å². The summed E-state index contributed by atoms with van der Waals surface area (Å²) in [6, 6.07) is 3.56. The van der Waals surface area contributed by atoms with Crippen LogP contribution in [0.15, 0.2) is 21.1 Å². The fraction of sp³-hybridized carbons (Fsp3) is 0.273. The van der Waals surface area contributed by atoms with E-state index in [1.54, 1.807) is 6.07 Å². The van der Waals surface area contributed by atoms with E-state index in [0.717, 1.165) is 14.5 Å². The summed E-state index contributed by atoms with van der Waals surface area (Å²) in [6.45, 7) is 0. The maximum atomic E-state index is 11.9. The van der Waals surface area contributed by atoms with Crippen LogP contribution in [-0.4, -0.2) is 16.9 Å². The number of hydrogen-bond donors (Lipinski definition) is 1. The lowest BCUT2D eigenvalue weighted by Crippen LogP contribution is -2.29. The third-order valence-electron chi connectivity index (χ3n) is 2.72. The lowest BCUT2D eigenvalue weighted by Gasteiger charge is -2.21. The van der Waals surface area contributed by atoms with E-state index in [1.807, 2.05) is 6.07 Å². The van der Waals surface area contributed by atoms with Gasteiger partial charge in [0.2, 0.25) is 0 Å². The summed E-state index contributed by atoms with van der Waals surface area (Å²) >= 11 is 6.68. The van der Waals surface area contributed by atoms with E-state index in [-0.39, 0.29) is 5.78 Å². The van der Waals surface area contributed by atoms with Gasteiger partial charge in [0, 0.05) is 14.5 Å². The van der Waals surface area contributed by atoms with Gasteiger partial charge in [-0.05, 0) is 30.5 Å². The van der Waals surface area contributed by atoms with Crippen molar-refractivity contribution < 1.29 is 14.7 Å². The summed E-state index contributed by atoms with van der Waals surface area (Å²) in [7, 11) is 0. The van der Waals surface area contributed by atoms with Crippen LogP contribution >= 0.6 is 31.9 Å². The number of carbonyl (C=O) groups is 2. The number of carboxylic acids is 1. The minimum absolute atomic E-state index is 0.296. The highest BCUT2D eigenvalue weighted by Crippen LogP contribution is 2.33. The van der Waals surface area contributed by atoms with Gasteiger partial charge in [-0.15, -0.1) is 0 Å². The normalized spacial score (nSPS) is 19.4. The molecule has 1 aliphatic carbocycles. The molecule has 0 fully saturated rings. The molecule has 0 saturated carbocycles. The van der Waals surface area contributed by atoms with E-state index < -0.39 is 11.9 Å². The summed E-state index contributed by atoms with van der Waals surface area (Å²) in [5, 5.41) is 8.93. The SMILES string of the molecule is O=C(O)C1CCc2c(Br)cc(Br)cc2C1=O. The van der Waals surface area contributed by atoms with Crippen molar-refractivity contribution in [3.63, 3.8) is 0 Å². The van der Waals surface area contributed by atoms with Gasteiger partial charge < -0.3 is 5.11 Å². The number of carboxylic acid groups (broad SMARTS) is 1. The Morgan fingerprint density at radius 2 is 2.06 bits per heavy atom. The molecule has 1 N–H and O–H groups in total. The molecule has 1 atom stereocenters. The molecule has 1 unspecified atom stereocenters. The summed E-state index contributed by atoms with van der Waals surface area (Å²) in [5.74, 6) is -2.23. The van der Waals surface area contributed by atoms with Crippen LogP contribution in [-0.2, 0) is 11.2 Å². The molecule has 1 aliphatic rings. The summed E-state index contributed by atoms with van der Waals surface area (Å²) in [5.41, 5.74) is 1.42. The molecule has 2 rings (SSSR count). The minimum Gasteiger partial charge on any atom is -0.481 e. The predicted molar refractivity (Wildman–Crippen MR) is 65.6 cm³/mol. The van der Waals surface area contributed by atoms with Crippen LogP contribution in [0.4, 0.5) is 0 Å². The number of rotatable bonds is 1. The molecule has 0 aliphatic heterocycles. The first-order valence-corrected chi connectivity index (χ1v) is 6.34. The van der Waals surface area contributed by atoms with Crippen LogP contribution in [0.5, 0.6) is 0 Å². The Morgan fingerprint density at radius 1 is 1.38 bits per heavy atom. The molecule has 0 amide bonds. The van der Waals surface area contributed by atoms with Gasteiger partial charge in [0.15, 0.2) is 5.78 Å². The Balaban J connectivity index is 2.52. The van der Waals surface area contributed by atoms with Crippen molar-refractivity contribution in [1.82, 2.24) is 0 Å². The van der Waals surface area contributed by atoms with Crippen LogP contribution < -0.4 is 0 Å². The van der Waals surface area contributed by atoms with Gasteiger partial charge in [-0.1, -0.05) is 31.9 Å². The quantitative estimate of drug-likeness (QED) is 0.794. The van der Waals surface area contributed by atoms with Gasteiger partial charge in [0.05, 0.1) is 0 Å². The van der Waals surface area contributed by atoms with Gasteiger partial charge >= 0.3 is 5.97 Å².